The Labute approximate surface area is 121 Å². The first-order valence-corrected chi connectivity index (χ1v) is 7.38. The van der Waals surface area contributed by atoms with Crippen LogP contribution in [0.4, 0.5) is 4.79 Å². The predicted molar refractivity (Wildman–Crippen MR) is 78.6 cm³/mol. The normalized spacial score (nSPS) is 24.1. The van der Waals surface area contributed by atoms with Crippen molar-refractivity contribution < 1.29 is 14.7 Å². The Kier molecular flexibility index (Phi) is 5.05. The van der Waals surface area contributed by atoms with Crippen LogP contribution in [0, 0.1) is 11.3 Å². The van der Waals surface area contributed by atoms with Crippen molar-refractivity contribution in [3.05, 3.63) is 0 Å². The molecule has 0 aromatic rings. The minimum Gasteiger partial charge on any atom is -0.481 e. The third-order valence-corrected chi connectivity index (χ3v) is 4.87. The number of urea groups is 1. The first-order chi connectivity index (χ1) is 9.06. The van der Waals surface area contributed by atoms with Gasteiger partial charge in [-0.2, -0.15) is 0 Å². The molecule has 0 saturated heterocycles. The second-order valence-electron chi connectivity index (χ2n) is 7.11. The van der Waals surface area contributed by atoms with Crippen molar-refractivity contribution in [3.63, 3.8) is 0 Å². The van der Waals surface area contributed by atoms with E-state index in [4.69, 9.17) is 0 Å². The van der Waals surface area contributed by atoms with Crippen LogP contribution in [0.15, 0.2) is 0 Å². The zero-order valence-corrected chi connectivity index (χ0v) is 13.2. The maximum absolute atomic E-state index is 12.1. The van der Waals surface area contributed by atoms with Crippen molar-refractivity contribution in [3.8, 4) is 0 Å². The molecule has 1 aliphatic rings. The molecule has 0 bridgehead atoms. The van der Waals surface area contributed by atoms with E-state index in [1.165, 1.54) is 0 Å². The molecule has 5 nitrogen and oxygen atoms in total. The second kappa shape index (κ2) is 6.02. The Balaban J connectivity index is 2.55. The highest BCUT2D eigenvalue weighted by atomic mass is 16.4. The zero-order chi connectivity index (χ0) is 15.6. The van der Waals surface area contributed by atoms with Crippen LogP contribution in [0.2, 0.25) is 0 Å². The van der Waals surface area contributed by atoms with E-state index in [1.54, 1.807) is 27.7 Å². The van der Waals surface area contributed by atoms with E-state index in [0.717, 1.165) is 31.6 Å². The van der Waals surface area contributed by atoms with Gasteiger partial charge in [-0.15, -0.1) is 0 Å². The summed E-state index contributed by atoms with van der Waals surface area (Å²) < 4.78 is 0. The summed E-state index contributed by atoms with van der Waals surface area (Å²) in [5.41, 5.74) is -1.86. The average molecular weight is 284 g/mol. The highest BCUT2D eigenvalue weighted by Gasteiger charge is 2.44. The van der Waals surface area contributed by atoms with Gasteiger partial charge in [0.25, 0.3) is 0 Å². The number of carboxylic acids is 1. The molecule has 3 N–H and O–H groups in total. The summed E-state index contributed by atoms with van der Waals surface area (Å²) >= 11 is 0. The summed E-state index contributed by atoms with van der Waals surface area (Å²) in [6.45, 7) is 8.96. The van der Waals surface area contributed by atoms with Crippen LogP contribution in [0.3, 0.4) is 0 Å². The van der Waals surface area contributed by atoms with Crippen LogP contribution < -0.4 is 10.6 Å². The van der Waals surface area contributed by atoms with Gasteiger partial charge in [-0.1, -0.05) is 6.92 Å². The van der Waals surface area contributed by atoms with Gasteiger partial charge < -0.3 is 15.7 Å². The van der Waals surface area contributed by atoms with Gasteiger partial charge >= 0.3 is 12.0 Å². The molecule has 0 heterocycles. The number of aliphatic carboxylic acids is 1. The largest absolute Gasteiger partial charge is 0.481 e. The van der Waals surface area contributed by atoms with Gasteiger partial charge in [-0.25, -0.2) is 4.79 Å². The molecule has 0 aliphatic heterocycles. The topological polar surface area (TPSA) is 78.4 Å². The molecule has 0 unspecified atom stereocenters. The van der Waals surface area contributed by atoms with Gasteiger partial charge in [0, 0.05) is 6.04 Å². The molecule has 0 spiro atoms. The number of hydrogen-bond acceptors (Lipinski definition) is 2. The average Bonchev–Trinajstić information content (AvgIpc) is 2.31. The van der Waals surface area contributed by atoms with Crippen molar-refractivity contribution in [2.24, 2.45) is 11.3 Å². The molecule has 1 saturated carbocycles. The monoisotopic (exact) mass is 284 g/mol. The van der Waals surface area contributed by atoms with E-state index in [0.29, 0.717) is 0 Å². The summed E-state index contributed by atoms with van der Waals surface area (Å²) in [5, 5.41) is 15.0. The zero-order valence-electron chi connectivity index (χ0n) is 13.2. The number of carboxylic acid groups (broad SMARTS) is 1. The molecule has 1 rings (SSSR count). The highest BCUT2D eigenvalue weighted by molar-refractivity contribution is 5.79. The molecule has 2 amide bonds. The SMILES string of the molecule is CC1CCC(NC(=O)NC(C)(C)C(C)(C)C(=O)O)CC1. The number of nitrogens with one attached hydrogen (secondary N) is 2. The van der Waals surface area contributed by atoms with Gasteiger partial charge in [0.2, 0.25) is 0 Å². The van der Waals surface area contributed by atoms with Crippen molar-refractivity contribution in [1.82, 2.24) is 10.6 Å². The summed E-state index contributed by atoms with van der Waals surface area (Å²) in [4.78, 5) is 23.4. The van der Waals surface area contributed by atoms with Gasteiger partial charge in [0.05, 0.1) is 11.0 Å². The number of carbonyl (C=O) groups is 2. The van der Waals surface area contributed by atoms with E-state index in [2.05, 4.69) is 17.6 Å². The van der Waals surface area contributed by atoms with Crippen LogP contribution in [0.25, 0.3) is 0 Å². The Bertz CT molecular complexity index is 369. The Hall–Kier alpha value is -1.26. The lowest BCUT2D eigenvalue weighted by Crippen LogP contribution is -2.60. The minimum atomic E-state index is -1.04. The Morgan fingerprint density at radius 3 is 2.00 bits per heavy atom. The van der Waals surface area contributed by atoms with Crippen LogP contribution in [-0.2, 0) is 4.79 Å². The molecule has 116 valence electrons. The first-order valence-electron chi connectivity index (χ1n) is 7.38. The summed E-state index contributed by atoms with van der Waals surface area (Å²) in [6, 6.07) is -0.0705. The molecular formula is C15H28N2O3. The van der Waals surface area contributed by atoms with E-state index in [1.807, 2.05) is 0 Å². The van der Waals surface area contributed by atoms with E-state index < -0.39 is 16.9 Å². The molecular weight excluding hydrogens is 256 g/mol. The summed E-state index contributed by atoms with van der Waals surface area (Å²) in [7, 11) is 0. The lowest BCUT2D eigenvalue weighted by molar-refractivity contribution is -0.150. The Morgan fingerprint density at radius 2 is 1.55 bits per heavy atom. The molecule has 1 fully saturated rings. The van der Waals surface area contributed by atoms with Crippen molar-refractivity contribution >= 4 is 12.0 Å². The number of amides is 2. The maximum Gasteiger partial charge on any atom is 0.315 e. The van der Waals surface area contributed by atoms with Crippen LogP contribution in [0.5, 0.6) is 0 Å². The standard InChI is InChI=1S/C15H28N2O3/c1-10-6-8-11(9-7-10)16-13(20)17-15(4,5)14(2,3)12(18)19/h10-11H,6-9H2,1-5H3,(H,18,19)(H2,16,17,20). The van der Waals surface area contributed by atoms with E-state index in [9.17, 15) is 14.7 Å². The maximum atomic E-state index is 12.1. The Morgan fingerprint density at radius 1 is 1.05 bits per heavy atom. The third-order valence-electron chi connectivity index (χ3n) is 4.87. The number of rotatable bonds is 4. The van der Waals surface area contributed by atoms with Crippen molar-refractivity contribution in [2.45, 2.75) is 71.9 Å². The summed E-state index contributed by atoms with van der Waals surface area (Å²) in [5.74, 6) is -0.187. The fourth-order valence-corrected chi connectivity index (χ4v) is 2.33. The lowest BCUT2D eigenvalue weighted by atomic mass is 9.74. The van der Waals surface area contributed by atoms with E-state index in [-0.39, 0.29) is 12.1 Å². The van der Waals surface area contributed by atoms with E-state index >= 15 is 0 Å². The smallest absolute Gasteiger partial charge is 0.315 e. The first kappa shape index (κ1) is 16.8. The molecule has 0 radical (unpaired) electrons. The van der Waals surface area contributed by atoms with Gasteiger partial charge in [0.15, 0.2) is 0 Å². The predicted octanol–water partition coefficient (Wildman–Crippen LogP) is 2.75. The fraction of sp³-hybridized carbons (Fsp3) is 0.867. The molecule has 0 aromatic carbocycles. The quantitative estimate of drug-likeness (QED) is 0.742. The minimum absolute atomic E-state index is 0.204. The molecule has 1 aliphatic carbocycles. The number of carbonyl (C=O) groups excluding carboxylic acids is 1. The van der Waals surface area contributed by atoms with Gasteiger partial charge in [0.1, 0.15) is 0 Å². The van der Waals surface area contributed by atoms with Crippen molar-refractivity contribution in [1.29, 1.82) is 0 Å². The molecule has 0 aromatic heterocycles. The summed E-state index contributed by atoms with van der Waals surface area (Å²) in [6.07, 6.45) is 4.26. The lowest BCUT2D eigenvalue weighted by Gasteiger charge is -2.39. The van der Waals surface area contributed by atoms with Gasteiger partial charge in [-0.05, 0) is 59.3 Å². The van der Waals surface area contributed by atoms with Crippen LogP contribution in [0.1, 0.15) is 60.3 Å². The third kappa shape index (κ3) is 3.87. The molecule has 20 heavy (non-hydrogen) atoms. The fourth-order valence-electron chi connectivity index (χ4n) is 2.33. The second-order valence-corrected chi connectivity index (χ2v) is 7.11. The van der Waals surface area contributed by atoms with Gasteiger partial charge in [-0.3, -0.25) is 4.79 Å². The number of hydrogen-bond donors (Lipinski definition) is 3. The highest BCUT2D eigenvalue weighted by Crippen LogP contribution is 2.30. The van der Waals surface area contributed by atoms with Crippen LogP contribution in [-0.4, -0.2) is 28.7 Å². The van der Waals surface area contributed by atoms with Crippen LogP contribution >= 0.6 is 0 Å². The van der Waals surface area contributed by atoms with Crippen molar-refractivity contribution in [2.75, 3.05) is 0 Å². The molecule has 0 atom stereocenters. The molecule has 5 heteroatoms.